The molecule has 1 radical (unpaired) electrons. The number of anilines is 1. The van der Waals surface area contributed by atoms with E-state index in [0.29, 0.717) is 0 Å². The molecule has 0 aliphatic carbocycles. The van der Waals surface area contributed by atoms with Crippen LogP contribution in [0, 0.1) is 5.92 Å². The van der Waals surface area contributed by atoms with Crippen LogP contribution in [0.1, 0.15) is 25.1 Å². The van der Waals surface area contributed by atoms with Crippen molar-refractivity contribution in [3.05, 3.63) is 78.1 Å². The van der Waals surface area contributed by atoms with Crippen LogP contribution in [0.15, 0.2) is 60.9 Å². The van der Waals surface area contributed by atoms with Crippen LogP contribution < -0.4 is 5.32 Å². The van der Waals surface area contributed by atoms with Gasteiger partial charge in [0.1, 0.15) is 5.65 Å². The van der Waals surface area contributed by atoms with Crippen LogP contribution in [-0.4, -0.2) is 15.3 Å². The fraction of sp³-hybridized carbons (Fsp3) is 0.150. The van der Waals surface area contributed by atoms with Crippen molar-refractivity contribution >= 4 is 23.3 Å². The van der Waals surface area contributed by atoms with E-state index in [-0.39, 0.29) is 5.91 Å². The van der Waals surface area contributed by atoms with Crippen molar-refractivity contribution in [2.24, 2.45) is 0 Å². The summed E-state index contributed by atoms with van der Waals surface area (Å²) in [5.74, 6) is 1.15. The standard InChI is InChI=1S/C20H20N3O/c1-15(2)13-16-7-3-4-8-18(16)22-20(24)11-10-17-14-21-19-9-5-6-12-23(17)19/h3-12,14H,13H2,1-2H3,(H,22,24)/b11-10+. The zero-order valence-electron chi connectivity index (χ0n) is 13.9. The highest BCUT2D eigenvalue weighted by atomic mass is 16.1. The topological polar surface area (TPSA) is 46.4 Å². The molecule has 1 amide bonds. The van der Waals surface area contributed by atoms with Gasteiger partial charge in [-0.3, -0.25) is 4.79 Å². The van der Waals surface area contributed by atoms with Gasteiger partial charge < -0.3 is 9.72 Å². The number of rotatable bonds is 5. The average molecular weight is 318 g/mol. The number of carbonyl (C=O) groups is 1. The van der Waals surface area contributed by atoms with Gasteiger partial charge in [0.15, 0.2) is 0 Å². The Bertz CT molecular complexity index is 877. The largest absolute Gasteiger partial charge is 0.322 e. The van der Waals surface area contributed by atoms with E-state index in [9.17, 15) is 4.79 Å². The first kappa shape index (κ1) is 16.0. The number of benzene rings is 1. The number of aromatic nitrogens is 2. The molecule has 0 spiro atoms. The lowest BCUT2D eigenvalue weighted by Gasteiger charge is -2.11. The first-order valence-corrected chi connectivity index (χ1v) is 7.91. The van der Waals surface area contributed by atoms with Crippen LogP contribution in [0.25, 0.3) is 11.7 Å². The molecule has 0 fully saturated rings. The molecule has 2 aromatic heterocycles. The lowest BCUT2D eigenvalue weighted by atomic mass is 10.0. The second kappa shape index (κ2) is 7.13. The SMILES string of the molecule is C[C](C)Cc1ccccc1NC(=O)/C=C/c1cnc2ccccn12. The minimum atomic E-state index is -0.151. The zero-order valence-corrected chi connectivity index (χ0v) is 13.9. The molecule has 0 unspecified atom stereocenters. The van der Waals surface area contributed by atoms with Crippen molar-refractivity contribution in [3.8, 4) is 0 Å². The predicted octanol–water partition coefficient (Wildman–Crippen LogP) is 4.14. The van der Waals surface area contributed by atoms with Gasteiger partial charge in [0.2, 0.25) is 5.91 Å². The number of pyridine rings is 1. The van der Waals surface area contributed by atoms with Gasteiger partial charge in [-0.25, -0.2) is 4.98 Å². The highest BCUT2D eigenvalue weighted by Gasteiger charge is 2.06. The van der Waals surface area contributed by atoms with E-state index in [4.69, 9.17) is 0 Å². The third-order valence-corrected chi connectivity index (χ3v) is 3.67. The molecule has 4 nitrogen and oxygen atoms in total. The number of fused-ring (bicyclic) bond motifs is 1. The Morgan fingerprint density at radius 1 is 1.17 bits per heavy atom. The lowest BCUT2D eigenvalue weighted by molar-refractivity contribution is -0.111. The second-order valence-electron chi connectivity index (χ2n) is 5.98. The molecular weight excluding hydrogens is 298 g/mol. The summed E-state index contributed by atoms with van der Waals surface area (Å²) in [4.78, 5) is 16.6. The van der Waals surface area contributed by atoms with E-state index in [0.717, 1.165) is 29.0 Å². The Kier molecular flexibility index (Phi) is 4.75. The Labute approximate surface area is 141 Å². The lowest BCUT2D eigenvalue weighted by Crippen LogP contribution is -2.10. The molecule has 3 rings (SSSR count). The molecular formula is C20H20N3O. The van der Waals surface area contributed by atoms with Crippen molar-refractivity contribution in [2.75, 3.05) is 5.32 Å². The summed E-state index contributed by atoms with van der Waals surface area (Å²) < 4.78 is 1.94. The van der Waals surface area contributed by atoms with Gasteiger partial charge in [-0.1, -0.05) is 38.1 Å². The van der Waals surface area contributed by atoms with Gasteiger partial charge >= 0.3 is 0 Å². The Morgan fingerprint density at radius 3 is 2.79 bits per heavy atom. The molecule has 3 aromatic rings. The van der Waals surface area contributed by atoms with Crippen molar-refractivity contribution in [1.82, 2.24) is 9.38 Å². The van der Waals surface area contributed by atoms with E-state index < -0.39 is 0 Å². The molecule has 4 heteroatoms. The van der Waals surface area contributed by atoms with Crippen molar-refractivity contribution in [3.63, 3.8) is 0 Å². The summed E-state index contributed by atoms with van der Waals surface area (Å²) >= 11 is 0. The van der Waals surface area contributed by atoms with Gasteiger partial charge in [0.05, 0.1) is 11.9 Å². The summed E-state index contributed by atoms with van der Waals surface area (Å²) in [5, 5.41) is 2.96. The smallest absolute Gasteiger partial charge is 0.248 e. The molecule has 121 valence electrons. The van der Waals surface area contributed by atoms with Crippen LogP contribution >= 0.6 is 0 Å². The molecule has 24 heavy (non-hydrogen) atoms. The van der Waals surface area contributed by atoms with Crippen molar-refractivity contribution in [2.45, 2.75) is 20.3 Å². The first-order valence-electron chi connectivity index (χ1n) is 7.91. The third kappa shape index (κ3) is 3.71. The second-order valence-corrected chi connectivity index (χ2v) is 5.98. The normalized spacial score (nSPS) is 11.5. The van der Waals surface area contributed by atoms with Gasteiger partial charge in [0.25, 0.3) is 0 Å². The monoisotopic (exact) mass is 318 g/mol. The Hall–Kier alpha value is -2.88. The third-order valence-electron chi connectivity index (χ3n) is 3.67. The number of imidazole rings is 1. The predicted molar refractivity (Wildman–Crippen MR) is 97.6 cm³/mol. The average Bonchev–Trinajstić information content (AvgIpc) is 2.98. The highest BCUT2D eigenvalue weighted by Crippen LogP contribution is 2.19. The summed E-state index contributed by atoms with van der Waals surface area (Å²) in [5.41, 5.74) is 3.70. The molecule has 1 aromatic carbocycles. The van der Waals surface area contributed by atoms with Crippen LogP contribution in [-0.2, 0) is 11.2 Å². The van der Waals surface area contributed by atoms with Crippen molar-refractivity contribution < 1.29 is 4.79 Å². The molecule has 2 heterocycles. The molecule has 0 bridgehead atoms. The maximum absolute atomic E-state index is 12.2. The molecule has 0 aliphatic heterocycles. The summed E-state index contributed by atoms with van der Waals surface area (Å²) in [6.45, 7) is 4.17. The Morgan fingerprint density at radius 2 is 1.96 bits per heavy atom. The van der Waals surface area contributed by atoms with E-state index in [2.05, 4.69) is 24.1 Å². The van der Waals surface area contributed by atoms with Gasteiger partial charge in [-0.2, -0.15) is 0 Å². The van der Waals surface area contributed by atoms with Crippen molar-refractivity contribution in [1.29, 1.82) is 0 Å². The first-order chi connectivity index (χ1) is 11.6. The minimum absolute atomic E-state index is 0.151. The van der Waals surface area contributed by atoms with Gasteiger partial charge in [0, 0.05) is 18.0 Å². The van der Waals surface area contributed by atoms with Crippen LogP contribution in [0.5, 0.6) is 0 Å². The van der Waals surface area contributed by atoms with Crippen LogP contribution in [0.3, 0.4) is 0 Å². The maximum Gasteiger partial charge on any atom is 0.248 e. The van der Waals surface area contributed by atoms with Gasteiger partial charge in [-0.05, 0) is 42.2 Å². The number of amides is 1. The number of nitrogens with one attached hydrogen (secondary N) is 1. The summed E-state index contributed by atoms with van der Waals surface area (Å²) in [6.07, 6.45) is 7.84. The zero-order chi connectivity index (χ0) is 16.9. The van der Waals surface area contributed by atoms with E-state index >= 15 is 0 Å². The fourth-order valence-corrected chi connectivity index (χ4v) is 2.59. The molecule has 1 N–H and O–H groups in total. The molecule has 0 atom stereocenters. The number of carbonyl (C=O) groups excluding carboxylic acids is 1. The summed E-state index contributed by atoms with van der Waals surface area (Å²) in [7, 11) is 0. The molecule has 0 aliphatic rings. The highest BCUT2D eigenvalue weighted by molar-refractivity contribution is 6.02. The number of hydrogen-bond acceptors (Lipinski definition) is 2. The quantitative estimate of drug-likeness (QED) is 0.719. The number of nitrogens with zero attached hydrogens (tertiary/aromatic N) is 2. The number of para-hydroxylation sites is 1. The molecule has 0 saturated carbocycles. The van der Waals surface area contributed by atoms with Gasteiger partial charge in [-0.15, -0.1) is 0 Å². The fourth-order valence-electron chi connectivity index (χ4n) is 2.59. The van der Waals surface area contributed by atoms with E-state index in [1.165, 1.54) is 12.0 Å². The van der Waals surface area contributed by atoms with E-state index in [1.807, 2.05) is 53.1 Å². The number of hydrogen-bond donors (Lipinski definition) is 1. The summed E-state index contributed by atoms with van der Waals surface area (Å²) in [6, 6.07) is 13.7. The Balaban J connectivity index is 1.74. The van der Waals surface area contributed by atoms with Crippen LogP contribution in [0.2, 0.25) is 0 Å². The minimum Gasteiger partial charge on any atom is -0.322 e. The van der Waals surface area contributed by atoms with E-state index in [1.54, 1.807) is 12.3 Å². The molecule has 0 saturated heterocycles. The van der Waals surface area contributed by atoms with Crippen LogP contribution in [0.4, 0.5) is 5.69 Å². The maximum atomic E-state index is 12.2.